The maximum atomic E-state index is 13.7. The Balaban J connectivity index is 2.43. The molecule has 2 aromatic rings. The zero-order chi connectivity index (χ0) is 26.9. The summed E-state index contributed by atoms with van der Waals surface area (Å²) in [6.45, 7) is 13.3. The third-order valence-electron chi connectivity index (χ3n) is 5.81. The van der Waals surface area contributed by atoms with Crippen molar-refractivity contribution in [3.8, 4) is 0 Å². The van der Waals surface area contributed by atoms with Gasteiger partial charge in [0.15, 0.2) is 0 Å². The first-order chi connectivity index (χ1) is 17.0. The van der Waals surface area contributed by atoms with E-state index >= 15 is 0 Å². The van der Waals surface area contributed by atoms with Gasteiger partial charge >= 0.3 is 6.09 Å². The lowest BCUT2D eigenvalue weighted by molar-refractivity contribution is -0.140. The standard InChI is InChI=1S/C29H41N3O4/c1-8-10-19-32(27(34)21(4)30-28(35)36-29(5,6)7)25(23-17-15-22(9-2)16-18-23)26(33)31-24-14-12-11-13-20(24)3/h11-18,21,25H,8-10,19H2,1-7H3,(H,30,35)(H,31,33). The predicted molar refractivity (Wildman–Crippen MR) is 144 cm³/mol. The number of hydrogen-bond donors (Lipinski definition) is 2. The van der Waals surface area contributed by atoms with Gasteiger partial charge < -0.3 is 20.3 Å². The van der Waals surface area contributed by atoms with Gasteiger partial charge in [-0.15, -0.1) is 0 Å². The third-order valence-corrected chi connectivity index (χ3v) is 5.81. The van der Waals surface area contributed by atoms with Crippen molar-refractivity contribution in [3.05, 3.63) is 65.2 Å². The van der Waals surface area contributed by atoms with E-state index in [0.717, 1.165) is 24.0 Å². The van der Waals surface area contributed by atoms with E-state index in [1.165, 1.54) is 0 Å². The molecule has 0 spiro atoms. The van der Waals surface area contributed by atoms with E-state index in [2.05, 4.69) is 17.6 Å². The Kier molecular flexibility index (Phi) is 10.5. The van der Waals surface area contributed by atoms with Gasteiger partial charge in [-0.1, -0.05) is 62.7 Å². The summed E-state index contributed by atoms with van der Waals surface area (Å²) >= 11 is 0. The van der Waals surface area contributed by atoms with E-state index in [0.29, 0.717) is 24.2 Å². The molecule has 3 amide bonds. The number of carbonyl (C=O) groups excluding carboxylic acids is 3. The zero-order valence-electron chi connectivity index (χ0n) is 22.7. The summed E-state index contributed by atoms with van der Waals surface area (Å²) in [6.07, 6.45) is 1.76. The number of carbonyl (C=O) groups is 3. The molecule has 2 N–H and O–H groups in total. The normalized spacial score (nSPS) is 12.9. The van der Waals surface area contributed by atoms with Crippen LogP contribution < -0.4 is 10.6 Å². The fourth-order valence-corrected chi connectivity index (χ4v) is 3.81. The second-order valence-corrected chi connectivity index (χ2v) is 10.1. The Labute approximate surface area is 215 Å². The SMILES string of the molecule is CCCCN(C(=O)C(C)NC(=O)OC(C)(C)C)C(C(=O)Nc1ccccc1C)c1ccc(CC)cc1. The van der Waals surface area contributed by atoms with Crippen molar-refractivity contribution in [3.63, 3.8) is 0 Å². The molecule has 7 nitrogen and oxygen atoms in total. The van der Waals surface area contributed by atoms with Crippen LogP contribution in [0.5, 0.6) is 0 Å². The number of amides is 3. The van der Waals surface area contributed by atoms with Gasteiger partial charge in [0.2, 0.25) is 5.91 Å². The summed E-state index contributed by atoms with van der Waals surface area (Å²) in [6, 6.07) is 13.6. The molecule has 0 saturated carbocycles. The number of para-hydroxylation sites is 1. The third kappa shape index (κ3) is 8.40. The van der Waals surface area contributed by atoms with E-state index < -0.39 is 23.8 Å². The Hall–Kier alpha value is -3.35. The first-order valence-electron chi connectivity index (χ1n) is 12.7. The van der Waals surface area contributed by atoms with Crippen LogP contribution in [0.3, 0.4) is 0 Å². The summed E-state index contributed by atoms with van der Waals surface area (Å²) in [5, 5.41) is 5.65. The van der Waals surface area contributed by atoms with Gasteiger partial charge in [-0.05, 0) is 70.2 Å². The molecule has 2 atom stereocenters. The summed E-state index contributed by atoms with van der Waals surface area (Å²) in [4.78, 5) is 41.4. The lowest BCUT2D eigenvalue weighted by atomic mass is 10.00. The molecule has 0 aromatic heterocycles. The van der Waals surface area contributed by atoms with Gasteiger partial charge in [-0.3, -0.25) is 9.59 Å². The Bertz CT molecular complexity index is 1030. The van der Waals surface area contributed by atoms with Crippen LogP contribution in [0.15, 0.2) is 48.5 Å². The van der Waals surface area contributed by atoms with Crippen molar-refractivity contribution in [2.75, 3.05) is 11.9 Å². The number of hydrogen-bond acceptors (Lipinski definition) is 4. The monoisotopic (exact) mass is 495 g/mol. The van der Waals surface area contributed by atoms with Crippen molar-refractivity contribution in [1.29, 1.82) is 0 Å². The lowest BCUT2D eigenvalue weighted by Gasteiger charge is -2.34. The van der Waals surface area contributed by atoms with E-state index in [-0.39, 0.29) is 11.8 Å². The quantitative estimate of drug-likeness (QED) is 0.437. The first kappa shape index (κ1) is 28.9. The fourth-order valence-electron chi connectivity index (χ4n) is 3.81. The van der Waals surface area contributed by atoms with Gasteiger partial charge in [-0.25, -0.2) is 4.79 Å². The number of anilines is 1. The molecule has 0 bridgehead atoms. The van der Waals surface area contributed by atoms with Crippen molar-refractivity contribution in [2.45, 2.75) is 85.4 Å². The number of alkyl carbamates (subject to hydrolysis) is 1. The largest absolute Gasteiger partial charge is 0.444 e. The molecule has 0 aliphatic rings. The van der Waals surface area contributed by atoms with Crippen LogP contribution in [-0.4, -0.2) is 41.0 Å². The number of unbranched alkanes of at least 4 members (excludes halogenated alkanes) is 1. The van der Waals surface area contributed by atoms with Gasteiger partial charge in [0.05, 0.1) is 0 Å². The van der Waals surface area contributed by atoms with Crippen LogP contribution in [0.4, 0.5) is 10.5 Å². The summed E-state index contributed by atoms with van der Waals surface area (Å²) in [5.74, 6) is -0.652. The van der Waals surface area contributed by atoms with Crippen molar-refractivity contribution >= 4 is 23.6 Å². The average molecular weight is 496 g/mol. The van der Waals surface area contributed by atoms with Gasteiger partial charge in [-0.2, -0.15) is 0 Å². The van der Waals surface area contributed by atoms with E-state index in [9.17, 15) is 14.4 Å². The molecule has 7 heteroatoms. The second kappa shape index (κ2) is 13.1. The molecular weight excluding hydrogens is 454 g/mol. The van der Waals surface area contributed by atoms with Crippen LogP contribution in [0.1, 0.15) is 77.1 Å². The van der Waals surface area contributed by atoms with Crippen molar-refractivity contribution in [1.82, 2.24) is 10.2 Å². The molecule has 0 saturated heterocycles. The summed E-state index contributed by atoms with van der Waals surface area (Å²) in [5.41, 5.74) is 2.79. The van der Waals surface area contributed by atoms with Crippen LogP contribution in [-0.2, 0) is 20.7 Å². The van der Waals surface area contributed by atoms with Crippen LogP contribution in [0.2, 0.25) is 0 Å². The van der Waals surface area contributed by atoms with Crippen molar-refractivity contribution < 1.29 is 19.1 Å². The second-order valence-electron chi connectivity index (χ2n) is 10.1. The van der Waals surface area contributed by atoms with Crippen LogP contribution in [0, 0.1) is 6.92 Å². The number of nitrogens with zero attached hydrogens (tertiary/aromatic N) is 1. The van der Waals surface area contributed by atoms with Crippen LogP contribution in [0.25, 0.3) is 0 Å². The van der Waals surface area contributed by atoms with E-state index in [1.807, 2.05) is 62.4 Å². The number of aryl methyl sites for hydroxylation is 2. The molecule has 36 heavy (non-hydrogen) atoms. The Morgan fingerprint density at radius 1 is 1.00 bits per heavy atom. The topological polar surface area (TPSA) is 87.7 Å². The molecule has 196 valence electrons. The van der Waals surface area contributed by atoms with Gasteiger partial charge in [0, 0.05) is 12.2 Å². The maximum Gasteiger partial charge on any atom is 0.408 e. The number of nitrogens with one attached hydrogen (secondary N) is 2. The first-order valence-corrected chi connectivity index (χ1v) is 12.7. The highest BCUT2D eigenvalue weighted by Gasteiger charge is 2.34. The number of benzene rings is 2. The average Bonchev–Trinajstić information content (AvgIpc) is 2.81. The molecule has 0 aliphatic carbocycles. The lowest BCUT2D eigenvalue weighted by Crippen LogP contribution is -2.51. The molecule has 0 aliphatic heterocycles. The van der Waals surface area contributed by atoms with E-state index in [1.54, 1.807) is 32.6 Å². The summed E-state index contributed by atoms with van der Waals surface area (Å²) < 4.78 is 5.33. The van der Waals surface area contributed by atoms with Gasteiger partial charge in [0.25, 0.3) is 5.91 Å². The highest BCUT2D eigenvalue weighted by Crippen LogP contribution is 2.26. The maximum absolute atomic E-state index is 13.7. The highest BCUT2D eigenvalue weighted by atomic mass is 16.6. The molecule has 0 radical (unpaired) electrons. The van der Waals surface area contributed by atoms with Gasteiger partial charge in [0.1, 0.15) is 17.7 Å². The minimum atomic E-state index is -0.875. The molecule has 2 aromatic carbocycles. The minimum Gasteiger partial charge on any atom is -0.444 e. The predicted octanol–water partition coefficient (Wildman–Crippen LogP) is 5.78. The van der Waals surface area contributed by atoms with Crippen LogP contribution >= 0.6 is 0 Å². The molecule has 0 fully saturated rings. The smallest absolute Gasteiger partial charge is 0.408 e. The van der Waals surface area contributed by atoms with Crippen molar-refractivity contribution in [2.24, 2.45) is 0 Å². The molecule has 2 unspecified atom stereocenters. The molecular formula is C29H41N3O4. The summed E-state index contributed by atoms with van der Waals surface area (Å²) in [7, 11) is 0. The zero-order valence-corrected chi connectivity index (χ0v) is 22.7. The van der Waals surface area contributed by atoms with E-state index in [4.69, 9.17) is 4.74 Å². The Morgan fingerprint density at radius 2 is 1.64 bits per heavy atom. The minimum absolute atomic E-state index is 0.303. The fraction of sp³-hybridized carbons (Fsp3) is 0.483. The number of rotatable bonds is 10. The number of ether oxygens (including phenoxy) is 1. The highest BCUT2D eigenvalue weighted by molar-refractivity contribution is 5.99. The molecule has 0 heterocycles. The Morgan fingerprint density at radius 3 is 2.19 bits per heavy atom. The molecule has 2 rings (SSSR count).